The Hall–Kier alpha value is -2.93. The van der Waals surface area contributed by atoms with E-state index in [2.05, 4.69) is 16.1 Å². The summed E-state index contributed by atoms with van der Waals surface area (Å²) in [6, 6.07) is 14.5. The van der Waals surface area contributed by atoms with Crippen molar-refractivity contribution in [3.8, 4) is 0 Å². The summed E-state index contributed by atoms with van der Waals surface area (Å²) in [7, 11) is 0. The predicted molar refractivity (Wildman–Crippen MR) is 104 cm³/mol. The number of rotatable bonds is 3. The molecule has 1 aliphatic rings. The highest BCUT2D eigenvalue weighted by molar-refractivity contribution is 7.80. The van der Waals surface area contributed by atoms with Crippen LogP contribution in [0.3, 0.4) is 0 Å². The zero-order valence-electron chi connectivity index (χ0n) is 14.8. The summed E-state index contributed by atoms with van der Waals surface area (Å²) in [5.74, 6) is -0.418. The van der Waals surface area contributed by atoms with Crippen LogP contribution in [0.2, 0.25) is 0 Å². The Kier molecular flexibility index (Phi) is 4.65. The van der Waals surface area contributed by atoms with Gasteiger partial charge in [0.15, 0.2) is 5.11 Å². The van der Waals surface area contributed by atoms with E-state index >= 15 is 0 Å². The molecule has 0 unspecified atom stereocenters. The van der Waals surface area contributed by atoms with Gasteiger partial charge in [-0.1, -0.05) is 36.4 Å². The van der Waals surface area contributed by atoms with Gasteiger partial charge in [0.1, 0.15) is 5.54 Å². The number of imide groups is 1. The number of urea groups is 1. The number of nitrogens with one attached hydrogen (secondary N) is 3. The number of hydrogen-bond donors (Lipinski definition) is 3. The number of amides is 3. The minimum Gasteiger partial charge on any atom is -0.331 e. The van der Waals surface area contributed by atoms with Gasteiger partial charge >= 0.3 is 6.03 Å². The molecule has 0 spiro atoms. The number of anilines is 1. The molecule has 7 heteroatoms. The molecule has 6 nitrogen and oxygen atoms in total. The van der Waals surface area contributed by atoms with Crippen molar-refractivity contribution >= 4 is 35.0 Å². The second-order valence-electron chi connectivity index (χ2n) is 6.50. The summed E-state index contributed by atoms with van der Waals surface area (Å²) < 4.78 is 0. The number of carbonyl (C=O) groups excluding carboxylic acids is 2. The van der Waals surface area contributed by atoms with Crippen LogP contribution in [0.15, 0.2) is 48.5 Å². The number of thiocarbonyl (C=S) groups is 1. The highest BCUT2D eigenvalue weighted by atomic mass is 32.1. The molecule has 134 valence electrons. The number of aryl methyl sites for hydroxylation is 2. The third kappa shape index (κ3) is 3.39. The zero-order chi connectivity index (χ0) is 18.9. The molecule has 2 aromatic carbocycles. The molecule has 0 bridgehead atoms. The SMILES string of the molecule is Cc1cc(C)cc(NC(=S)NN2C(=O)N[C@](C)(c3ccccc3)C2=O)c1. The Bertz CT molecular complexity index is 864. The van der Waals surface area contributed by atoms with E-state index in [0.717, 1.165) is 21.8 Å². The van der Waals surface area contributed by atoms with Crippen molar-refractivity contribution in [2.24, 2.45) is 0 Å². The van der Waals surface area contributed by atoms with Crippen LogP contribution in [-0.2, 0) is 10.3 Å². The second kappa shape index (κ2) is 6.76. The first-order chi connectivity index (χ1) is 12.3. The van der Waals surface area contributed by atoms with E-state index in [4.69, 9.17) is 12.2 Å². The Balaban J connectivity index is 1.74. The predicted octanol–water partition coefficient (Wildman–Crippen LogP) is 2.97. The quantitative estimate of drug-likeness (QED) is 0.574. The van der Waals surface area contributed by atoms with E-state index in [9.17, 15) is 9.59 Å². The highest BCUT2D eigenvalue weighted by Gasteiger charge is 2.49. The summed E-state index contributed by atoms with van der Waals surface area (Å²) >= 11 is 5.26. The molecule has 0 aliphatic carbocycles. The lowest BCUT2D eigenvalue weighted by Crippen LogP contribution is -2.49. The Labute approximate surface area is 157 Å². The van der Waals surface area contributed by atoms with Gasteiger partial charge in [-0.05, 0) is 61.8 Å². The largest absolute Gasteiger partial charge is 0.344 e. The molecular weight excluding hydrogens is 348 g/mol. The maximum Gasteiger partial charge on any atom is 0.344 e. The Morgan fingerprint density at radius 2 is 1.69 bits per heavy atom. The number of carbonyl (C=O) groups is 2. The number of hydrazine groups is 1. The van der Waals surface area contributed by atoms with E-state index in [1.807, 2.05) is 50.2 Å². The van der Waals surface area contributed by atoms with Crippen molar-refractivity contribution < 1.29 is 9.59 Å². The fourth-order valence-electron chi connectivity index (χ4n) is 3.02. The van der Waals surface area contributed by atoms with Gasteiger partial charge in [0.05, 0.1) is 0 Å². The lowest BCUT2D eigenvalue weighted by atomic mass is 9.92. The van der Waals surface area contributed by atoms with Gasteiger partial charge in [-0.15, -0.1) is 0 Å². The first-order valence-corrected chi connectivity index (χ1v) is 8.58. The van der Waals surface area contributed by atoms with Crippen molar-refractivity contribution in [1.29, 1.82) is 0 Å². The zero-order valence-corrected chi connectivity index (χ0v) is 15.6. The van der Waals surface area contributed by atoms with Gasteiger partial charge in [-0.3, -0.25) is 10.2 Å². The summed E-state index contributed by atoms with van der Waals surface area (Å²) in [5.41, 5.74) is 5.21. The Morgan fingerprint density at radius 1 is 1.08 bits per heavy atom. The minimum absolute atomic E-state index is 0.163. The first-order valence-electron chi connectivity index (χ1n) is 8.18. The molecule has 0 radical (unpaired) electrons. The van der Waals surface area contributed by atoms with Crippen LogP contribution in [0.1, 0.15) is 23.6 Å². The standard InChI is InChI=1S/C19H20N4O2S/c1-12-9-13(2)11-15(10-12)20-17(26)22-23-16(24)19(3,21-18(23)25)14-7-5-4-6-8-14/h4-11H,1-3H3,(H,21,25)(H2,20,22,26)/t19-/m1/s1. The molecule has 1 aliphatic heterocycles. The molecule has 1 atom stereocenters. The number of benzene rings is 2. The molecule has 3 N–H and O–H groups in total. The molecule has 2 aromatic rings. The van der Waals surface area contributed by atoms with Gasteiger partial charge in [0.25, 0.3) is 5.91 Å². The number of hydrogen-bond acceptors (Lipinski definition) is 3. The third-order valence-electron chi connectivity index (χ3n) is 4.23. The average molecular weight is 368 g/mol. The van der Waals surface area contributed by atoms with Gasteiger partial charge in [0.2, 0.25) is 0 Å². The summed E-state index contributed by atoms with van der Waals surface area (Å²) in [5, 5.41) is 6.80. The van der Waals surface area contributed by atoms with Crippen LogP contribution < -0.4 is 16.1 Å². The fourth-order valence-corrected chi connectivity index (χ4v) is 3.22. The van der Waals surface area contributed by atoms with E-state index in [1.165, 1.54) is 0 Å². The summed E-state index contributed by atoms with van der Waals surface area (Å²) in [6.45, 7) is 5.64. The van der Waals surface area contributed by atoms with E-state index in [-0.39, 0.29) is 5.11 Å². The molecule has 26 heavy (non-hydrogen) atoms. The normalized spacial score (nSPS) is 19.3. The number of nitrogens with zero attached hydrogens (tertiary/aromatic N) is 1. The molecule has 3 amide bonds. The van der Waals surface area contributed by atoms with Crippen molar-refractivity contribution in [2.45, 2.75) is 26.3 Å². The van der Waals surface area contributed by atoms with Gasteiger partial charge in [0, 0.05) is 5.69 Å². The van der Waals surface area contributed by atoms with Crippen LogP contribution in [0.4, 0.5) is 10.5 Å². The average Bonchev–Trinajstić information content (AvgIpc) is 2.79. The van der Waals surface area contributed by atoms with Crippen molar-refractivity contribution in [2.75, 3.05) is 5.32 Å². The molecule has 1 heterocycles. The van der Waals surface area contributed by atoms with Gasteiger partial charge in [-0.2, -0.15) is 5.01 Å². The molecule has 1 fully saturated rings. The molecular formula is C19H20N4O2S. The second-order valence-corrected chi connectivity index (χ2v) is 6.91. The van der Waals surface area contributed by atoms with E-state index < -0.39 is 17.5 Å². The maximum atomic E-state index is 12.8. The van der Waals surface area contributed by atoms with Crippen LogP contribution in [0.25, 0.3) is 0 Å². The smallest absolute Gasteiger partial charge is 0.331 e. The highest BCUT2D eigenvalue weighted by Crippen LogP contribution is 2.27. The monoisotopic (exact) mass is 368 g/mol. The van der Waals surface area contributed by atoms with Crippen LogP contribution >= 0.6 is 12.2 Å². The third-order valence-corrected chi connectivity index (χ3v) is 4.43. The van der Waals surface area contributed by atoms with Crippen LogP contribution in [0, 0.1) is 13.8 Å². The Morgan fingerprint density at radius 3 is 2.31 bits per heavy atom. The molecule has 0 saturated carbocycles. The minimum atomic E-state index is -1.14. The first kappa shape index (κ1) is 17.9. The molecule has 3 rings (SSSR count). The van der Waals surface area contributed by atoms with Gasteiger partial charge < -0.3 is 10.6 Å². The van der Waals surface area contributed by atoms with Crippen molar-refractivity contribution in [3.63, 3.8) is 0 Å². The summed E-state index contributed by atoms with van der Waals surface area (Å²) in [6.07, 6.45) is 0. The topological polar surface area (TPSA) is 73.5 Å². The van der Waals surface area contributed by atoms with Crippen molar-refractivity contribution in [3.05, 3.63) is 65.2 Å². The lowest BCUT2D eigenvalue weighted by molar-refractivity contribution is -0.132. The van der Waals surface area contributed by atoms with Crippen LogP contribution in [0.5, 0.6) is 0 Å². The maximum absolute atomic E-state index is 12.8. The van der Waals surface area contributed by atoms with Gasteiger partial charge in [-0.25, -0.2) is 4.79 Å². The lowest BCUT2D eigenvalue weighted by Gasteiger charge is -2.22. The van der Waals surface area contributed by atoms with Crippen molar-refractivity contribution in [1.82, 2.24) is 15.8 Å². The molecule has 0 aromatic heterocycles. The van der Waals surface area contributed by atoms with Crippen LogP contribution in [-0.4, -0.2) is 22.1 Å². The molecule has 1 saturated heterocycles. The fraction of sp³-hybridized carbons (Fsp3) is 0.211. The van der Waals surface area contributed by atoms with E-state index in [1.54, 1.807) is 19.1 Å². The van der Waals surface area contributed by atoms with E-state index in [0.29, 0.717) is 5.56 Å². The summed E-state index contributed by atoms with van der Waals surface area (Å²) in [4.78, 5) is 25.1.